The van der Waals surface area contributed by atoms with Gasteiger partial charge in [-0.1, -0.05) is 6.07 Å². The largest absolute Gasteiger partial charge is 0.506 e. The van der Waals surface area contributed by atoms with E-state index in [1.54, 1.807) is 0 Å². The fraction of sp³-hybridized carbons (Fsp3) is 0. The minimum absolute atomic E-state index is 0.0923. The van der Waals surface area contributed by atoms with Gasteiger partial charge in [0, 0.05) is 0 Å². The predicted octanol–water partition coefficient (Wildman–Crippen LogP) is 1.19. The van der Waals surface area contributed by atoms with Crippen molar-refractivity contribution in [2.24, 2.45) is 0 Å². The third-order valence-corrected chi connectivity index (χ3v) is 1.89. The maximum absolute atomic E-state index is 11.3. The topological polar surface area (TPSA) is 72.8 Å². The molecule has 5 nitrogen and oxygen atoms in total. The Bertz CT molecular complexity index is 436. The van der Waals surface area contributed by atoms with Gasteiger partial charge in [-0.2, -0.15) is 0 Å². The van der Waals surface area contributed by atoms with E-state index in [2.05, 4.69) is 16.1 Å². The lowest BCUT2D eigenvalue weighted by Crippen LogP contribution is -2.15. The summed E-state index contributed by atoms with van der Waals surface area (Å²) in [4.78, 5) is 22.7. The summed E-state index contributed by atoms with van der Waals surface area (Å²) in [5, 5.41) is 9.55. The summed E-state index contributed by atoms with van der Waals surface area (Å²) in [6.07, 6.45) is 0. The second-order valence-corrected chi connectivity index (χ2v) is 2.85. The molecule has 15 heavy (non-hydrogen) atoms. The van der Waals surface area contributed by atoms with E-state index in [0.29, 0.717) is 0 Å². The molecule has 0 amide bonds. The highest BCUT2D eigenvalue weighted by atomic mass is 16.7. The van der Waals surface area contributed by atoms with Gasteiger partial charge < -0.3 is 14.6 Å². The van der Waals surface area contributed by atoms with E-state index < -0.39 is 23.6 Å². The Morgan fingerprint density at radius 3 is 2.00 bits per heavy atom. The molecule has 0 saturated carbocycles. The molecule has 0 aromatic heterocycles. The average Bonchev–Trinajstić information content (AvgIpc) is 2.16. The number of carbonyl (C=O) groups excluding carboxylic acids is 2. The zero-order valence-electron chi connectivity index (χ0n) is 7.52. The number of phenolic OH excluding ortho intramolecular Hbond substituents is 1. The van der Waals surface area contributed by atoms with Gasteiger partial charge in [-0.05, 0) is 18.7 Å². The SMILES string of the molecule is C=C1OC(=O)c2cccc(c2O)C(=O)O1. The number of hydrogen-bond donors (Lipinski definition) is 1. The van der Waals surface area contributed by atoms with Crippen molar-refractivity contribution in [1.29, 1.82) is 0 Å². The number of phenols is 1. The molecule has 0 atom stereocenters. The van der Waals surface area contributed by atoms with Gasteiger partial charge in [-0.25, -0.2) is 9.59 Å². The van der Waals surface area contributed by atoms with Gasteiger partial charge in [0.05, 0.1) is 0 Å². The molecule has 1 N–H and O–H groups in total. The first-order valence-corrected chi connectivity index (χ1v) is 4.05. The van der Waals surface area contributed by atoms with Gasteiger partial charge in [-0.15, -0.1) is 0 Å². The number of ether oxygens (including phenoxy) is 2. The molecule has 0 aliphatic carbocycles. The summed E-state index contributed by atoms with van der Waals surface area (Å²) < 4.78 is 9.09. The molecule has 0 unspecified atom stereocenters. The zero-order valence-corrected chi connectivity index (χ0v) is 7.52. The van der Waals surface area contributed by atoms with Crippen molar-refractivity contribution in [3.05, 3.63) is 41.9 Å². The minimum atomic E-state index is -0.813. The van der Waals surface area contributed by atoms with Crippen LogP contribution in [-0.2, 0) is 9.47 Å². The summed E-state index contributed by atoms with van der Waals surface area (Å²) in [7, 11) is 0. The second-order valence-electron chi connectivity index (χ2n) is 2.85. The van der Waals surface area contributed by atoms with Crippen molar-refractivity contribution >= 4 is 11.9 Å². The van der Waals surface area contributed by atoms with E-state index in [9.17, 15) is 14.7 Å². The van der Waals surface area contributed by atoms with Crippen LogP contribution in [0.25, 0.3) is 0 Å². The smallest absolute Gasteiger partial charge is 0.349 e. The van der Waals surface area contributed by atoms with Crippen LogP contribution in [-0.4, -0.2) is 17.0 Å². The maximum atomic E-state index is 11.3. The lowest BCUT2D eigenvalue weighted by Gasteiger charge is -2.13. The molecule has 1 aliphatic heterocycles. The quantitative estimate of drug-likeness (QED) is 0.645. The fourth-order valence-corrected chi connectivity index (χ4v) is 1.21. The lowest BCUT2D eigenvalue weighted by molar-refractivity contribution is 0.0223. The first-order chi connectivity index (χ1) is 7.09. The van der Waals surface area contributed by atoms with Crippen LogP contribution in [0.2, 0.25) is 0 Å². The molecule has 1 aromatic rings. The highest BCUT2D eigenvalue weighted by molar-refractivity contribution is 6.01. The highest BCUT2D eigenvalue weighted by Gasteiger charge is 2.25. The van der Waals surface area contributed by atoms with Gasteiger partial charge in [0.25, 0.3) is 5.95 Å². The molecular weight excluding hydrogens is 200 g/mol. The average molecular weight is 206 g/mol. The first kappa shape index (κ1) is 9.26. The normalized spacial score (nSPS) is 15.1. The minimum Gasteiger partial charge on any atom is -0.506 e. The van der Waals surface area contributed by atoms with E-state index in [4.69, 9.17) is 0 Å². The molecule has 1 aliphatic rings. The Hall–Kier alpha value is -2.30. The lowest BCUT2D eigenvalue weighted by atomic mass is 10.1. The molecule has 0 saturated heterocycles. The molecule has 76 valence electrons. The van der Waals surface area contributed by atoms with Crippen LogP contribution in [0.5, 0.6) is 5.75 Å². The third kappa shape index (κ3) is 1.43. The number of hydrogen-bond acceptors (Lipinski definition) is 5. The van der Waals surface area contributed by atoms with E-state index in [1.165, 1.54) is 18.2 Å². The van der Waals surface area contributed by atoms with E-state index in [-0.39, 0.29) is 11.1 Å². The molecule has 0 spiro atoms. The van der Waals surface area contributed by atoms with Crippen LogP contribution < -0.4 is 0 Å². The number of rotatable bonds is 0. The number of fused-ring (bicyclic) bond motifs is 2. The Morgan fingerprint density at radius 1 is 1.07 bits per heavy atom. The number of para-hydroxylation sites is 1. The van der Waals surface area contributed by atoms with Crippen molar-refractivity contribution in [3.8, 4) is 5.75 Å². The molecular formula is C10H6O5. The predicted molar refractivity (Wildman–Crippen MR) is 48.1 cm³/mol. The second kappa shape index (κ2) is 3.13. The Labute approximate surface area is 84.5 Å². The molecule has 1 aromatic carbocycles. The van der Waals surface area contributed by atoms with Gasteiger partial charge in [0.15, 0.2) is 0 Å². The van der Waals surface area contributed by atoms with Crippen LogP contribution >= 0.6 is 0 Å². The molecule has 1 heterocycles. The Morgan fingerprint density at radius 2 is 1.53 bits per heavy atom. The van der Waals surface area contributed by atoms with Crippen LogP contribution in [0, 0.1) is 0 Å². The van der Waals surface area contributed by atoms with E-state index >= 15 is 0 Å². The number of cyclic esters (lactones) is 2. The highest BCUT2D eigenvalue weighted by Crippen LogP contribution is 2.27. The fourth-order valence-electron chi connectivity index (χ4n) is 1.21. The molecule has 5 heteroatoms. The Kier molecular flexibility index (Phi) is 1.93. The van der Waals surface area contributed by atoms with E-state index in [0.717, 1.165) is 0 Å². The zero-order chi connectivity index (χ0) is 11.0. The van der Waals surface area contributed by atoms with Gasteiger partial charge >= 0.3 is 11.9 Å². The molecule has 2 bridgehead atoms. The standard InChI is InChI=1S/C10H6O5/c1-5-14-9(12)6-3-2-4-7(8(6)11)10(13)15-5/h2-4,11H,1H2. The number of esters is 2. The van der Waals surface area contributed by atoms with Crippen LogP contribution in [0.1, 0.15) is 20.7 Å². The summed E-state index contributed by atoms with van der Waals surface area (Å²) in [5.74, 6) is -2.48. The molecule has 0 fully saturated rings. The Balaban J connectivity index is 2.65. The van der Waals surface area contributed by atoms with Crippen molar-refractivity contribution in [1.82, 2.24) is 0 Å². The summed E-state index contributed by atoms with van der Waals surface area (Å²) in [6, 6.07) is 4.13. The van der Waals surface area contributed by atoms with Crippen LogP contribution in [0.3, 0.4) is 0 Å². The van der Waals surface area contributed by atoms with Crippen molar-refractivity contribution in [2.75, 3.05) is 0 Å². The maximum Gasteiger partial charge on any atom is 0.349 e. The summed E-state index contributed by atoms with van der Waals surface area (Å²) in [6.45, 7) is 3.23. The van der Waals surface area contributed by atoms with Crippen LogP contribution in [0.4, 0.5) is 0 Å². The van der Waals surface area contributed by atoms with Crippen molar-refractivity contribution in [3.63, 3.8) is 0 Å². The van der Waals surface area contributed by atoms with Crippen molar-refractivity contribution < 1.29 is 24.2 Å². The molecule has 2 rings (SSSR count). The van der Waals surface area contributed by atoms with Crippen molar-refractivity contribution in [2.45, 2.75) is 0 Å². The third-order valence-electron chi connectivity index (χ3n) is 1.89. The number of aromatic hydroxyl groups is 1. The number of benzene rings is 1. The van der Waals surface area contributed by atoms with Gasteiger partial charge in [0.2, 0.25) is 0 Å². The summed E-state index contributed by atoms with van der Waals surface area (Å²) >= 11 is 0. The first-order valence-electron chi connectivity index (χ1n) is 4.05. The van der Waals surface area contributed by atoms with Gasteiger partial charge in [0.1, 0.15) is 16.9 Å². The van der Waals surface area contributed by atoms with Crippen LogP contribution in [0.15, 0.2) is 30.7 Å². The summed E-state index contributed by atoms with van der Waals surface area (Å²) in [5.41, 5.74) is -0.185. The monoisotopic (exact) mass is 206 g/mol. The van der Waals surface area contributed by atoms with Gasteiger partial charge in [-0.3, -0.25) is 0 Å². The number of carbonyl (C=O) groups is 2. The molecule has 0 radical (unpaired) electrons. The van der Waals surface area contributed by atoms with E-state index in [1.807, 2.05) is 0 Å².